The third kappa shape index (κ3) is 4.49. The molecule has 2 aromatic carbocycles. The third-order valence-electron chi connectivity index (χ3n) is 3.11. The molecule has 0 bridgehead atoms. The fourth-order valence-corrected chi connectivity index (χ4v) is 2.81. The van der Waals surface area contributed by atoms with Crippen LogP contribution in [-0.2, 0) is 6.42 Å². The summed E-state index contributed by atoms with van der Waals surface area (Å²) in [5.74, 6) is 0. The van der Waals surface area contributed by atoms with Gasteiger partial charge in [0.2, 0.25) is 0 Å². The van der Waals surface area contributed by atoms with Crippen molar-refractivity contribution in [2.75, 3.05) is 0 Å². The molecule has 0 aliphatic rings. The van der Waals surface area contributed by atoms with Crippen molar-refractivity contribution < 1.29 is 5.11 Å². The number of aliphatic hydroxyl groups excluding tert-OH is 1. The number of hydrogen-bond acceptors (Lipinski definition) is 2. The standard InChI is InChI=1S/C15H14Cl3NO.ClH/c16-10-6-7-11(17)14(18)13(10)15(19)12(20)8-9-4-2-1-3-5-9;/h1-7,12,15,20H,8,19H2;1H/t12-,15-;/m0./s1. The normalized spacial score (nSPS) is 13.4. The maximum atomic E-state index is 10.3. The van der Waals surface area contributed by atoms with Crippen LogP contribution < -0.4 is 5.73 Å². The Morgan fingerprint density at radius 2 is 1.52 bits per heavy atom. The van der Waals surface area contributed by atoms with Gasteiger partial charge in [0.1, 0.15) is 0 Å². The topological polar surface area (TPSA) is 46.2 Å². The first-order valence-corrected chi connectivity index (χ1v) is 7.25. The molecule has 0 saturated carbocycles. The fraction of sp³-hybridized carbons (Fsp3) is 0.200. The summed E-state index contributed by atoms with van der Waals surface area (Å²) in [5.41, 5.74) is 7.55. The van der Waals surface area contributed by atoms with Gasteiger partial charge in [0, 0.05) is 17.0 Å². The molecule has 6 heteroatoms. The molecule has 0 spiro atoms. The lowest BCUT2D eigenvalue weighted by atomic mass is 9.97. The zero-order valence-corrected chi connectivity index (χ0v) is 14.1. The zero-order chi connectivity index (χ0) is 14.7. The van der Waals surface area contributed by atoms with E-state index in [1.165, 1.54) is 0 Å². The van der Waals surface area contributed by atoms with Crippen molar-refractivity contribution >= 4 is 47.2 Å². The highest BCUT2D eigenvalue weighted by atomic mass is 35.5. The van der Waals surface area contributed by atoms with E-state index in [0.29, 0.717) is 27.1 Å². The average Bonchev–Trinajstić information content (AvgIpc) is 2.44. The van der Waals surface area contributed by atoms with E-state index >= 15 is 0 Å². The Bertz CT molecular complexity index is 592. The molecule has 0 aromatic heterocycles. The summed E-state index contributed by atoms with van der Waals surface area (Å²) >= 11 is 18.2. The monoisotopic (exact) mass is 365 g/mol. The van der Waals surface area contributed by atoms with Crippen molar-refractivity contribution in [3.63, 3.8) is 0 Å². The number of aliphatic hydroxyl groups is 1. The maximum absolute atomic E-state index is 10.3. The van der Waals surface area contributed by atoms with Gasteiger partial charge >= 0.3 is 0 Å². The lowest BCUT2D eigenvalue weighted by Gasteiger charge is -2.22. The molecule has 2 atom stereocenters. The molecule has 21 heavy (non-hydrogen) atoms. The van der Waals surface area contributed by atoms with E-state index < -0.39 is 12.1 Å². The molecule has 0 aliphatic carbocycles. The highest BCUT2D eigenvalue weighted by Crippen LogP contribution is 2.36. The molecule has 0 heterocycles. The van der Waals surface area contributed by atoms with Crippen LogP contribution in [0.4, 0.5) is 0 Å². The second kappa shape index (κ2) is 8.23. The number of benzene rings is 2. The first-order valence-electron chi connectivity index (χ1n) is 6.11. The number of hydrogen-bond donors (Lipinski definition) is 2. The van der Waals surface area contributed by atoms with Crippen LogP contribution in [0.2, 0.25) is 15.1 Å². The molecule has 0 unspecified atom stereocenters. The van der Waals surface area contributed by atoms with Crippen LogP contribution in [0.1, 0.15) is 17.2 Å². The van der Waals surface area contributed by atoms with Crippen LogP contribution >= 0.6 is 47.2 Å². The predicted octanol–water partition coefficient (Wildman–Crippen LogP) is 4.67. The molecule has 0 amide bonds. The molecule has 114 valence electrons. The molecule has 0 aliphatic heterocycles. The van der Waals surface area contributed by atoms with Gasteiger partial charge in [-0.1, -0.05) is 65.1 Å². The van der Waals surface area contributed by atoms with Crippen LogP contribution in [0, 0.1) is 0 Å². The summed E-state index contributed by atoms with van der Waals surface area (Å²) in [6, 6.07) is 12.1. The summed E-state index contributed by atoms with van der Waals surface area (Å²) in [4.78, 5) is 0. The molecule has 0 fully saturated rings. The minimum absolute atomic E-state index is 0. The van der Waals surface area contributed by atoms with Crippen molar-refractivity contribution in [2.24, 2.45) is 5.73 Å². The quantitative estimate of drug-likeness (QED) is 0.772. The number of halogens is 4. The minimum atomic E-state index is -0.800. The smallest absolute Gasteiger partial charge is 0.0774 e. The summed E-state index contributed by atoms with van der Waals surface area (Å²) in [5, 5.41) is 11.3. The van der Waals surface area contributed by atoms with Gasteiger partial charge in [-0.3, -0.25) is 0 Å². The molecule has 2 nitrogen and oxygen atoms in total. The highest BCUT2D eigenvalue weighted by Gasteiger charge is 2.23. The average molecular weight is 367 g/mol. The minimum Gasteiger partial charge on any atom is -0.391 e. The van der Waals surface area contributed by atoms with E-state index in [1.54, 1.807) is 12.1 Å². The predicted molar refractivity (Wildman–Crippen MR) is 91.8 cm³/mol. The summed E-state index contributed by atoms with van der Waals surface area (Å²) in [6.45, 7) is 0. The van der Waals surface area contributed by atoms with Crippen molar-refractivity contribution in [1.82, 2.24) is 0 Å². The lowest BCUT2D eigenvalue weighted by molar-refractivity contribution is 0.145. The second-order valence-electron chi connectivity index (χ2n) is 4.54. The van der Waals surface area contributed by atoms with Crippen LogP contribution in [0.5, 0.6) is 0 Å². The Kier molecular flexibility index (Phi) is 7.28. The largest absolute Gasteiger partial charge is 0.391 e. The first-order chi connectivity index (χ1) is 9.50. The Hall–Kier alpha value is -0.480. The van der Waals surface area contributed by atoms with E-state index in [0.717, 1.165) is 5.56 Å². The van der Waals surface area contributed by atoms with Crippen molar-refractivity contribution in [1.29, 1.82) is 0 Å². The van der Waals surface area contributed by atoms with Gasteiger partial charge in [-0.25, -0.2) is 0 Å². The van der Waals surface area contributed by atoms with E-state index in [9.17, 15) is 5.11 Å². The number of rotatable bonds is 4. The van der Waals surface area contributed by atoms with E-state index in [1.807, 2.05) is 30.3 Å². The lowest BCUT2D eigenvalue weighted by Crippen LogP contribution is -2.28. The number of nitrogens with two attached hydrogens (primary N) is 1. The van der Waals surface area contributed by atoms with Gasteiger partial charge < -0.3 is 10.8 Å². The zero-order valence-electron chi connectivity index (χ0n) is 11.0. The molecular formula is C15H15Cl4NO. The van der Waals surface area contributed by atoms with E-state index in [4.69, 9.17) is 40.5 Å². The van der Waals surface area contributed by atoms with Crippen LogP contribution in [0.3, 0.4) is 0 Å². The van der Waals surface area contributed by atoms with Crippen LogP contribution in [-0.4, -0.2) is 11.2 Å². The van der Waals surface area contributed by atoms with Gasteiger partial charge in [0.05, 0.1) is 22.2 Å². The van der Waals surface area contributed by atoms with Crippen LogP contribution in [0.15, 0.2) is 42.5 Å². The maximum Gasteiger partial charge on any atom is 0.0774 e. The van der Waals surface area contributed by atoms with Gasteiger partial charge in [0.15, 0.2) is 0 Å². The van der Waals surface area contributed by atoms with Crippen molar-refractivity contribution in [2.45, 2.75) is 18.6 Å². The van der Waals surface area contributed by atoms with Crippen molar-refractivity contribution in [3.8, 4) is 0 Å². The van der Waals surface area contributed by atoms with Crippen LogP contribution in [0.25, 0.3) is 0 Å². The highest BCUT2D eigenvalue weighted by molar-refractivity contribution is 6.44. The SMILES string of the molecule is Cl.N[C@H](c1c(Cl)ccc(Cl)c1Cl)[C@@H](O)Cc1ccccc1. The molecule has 0 radical (unpaired) electrons. The Labute approximate surface area is 145 Å². The van der Waals surface area contributed by atoms with Gasteiger partial charge in [-0.15, -0.1) is 12.4 Å². The Morgan fingerprint density at radius 1 is 0.952 bits per heavy atom. The van der Waals surface area contributed by atoms with Gasteiger partial charge in [0.25, 0.3) is 0 Å². The molecule has 3 N–H and O–H groups in total. The van der Waals surface area contributed by atoms with Crippen molar-refractivity contribution in [3.05, 3.63) is 68.7 Å². The molecular weight excluding hydrogens is 352 g/mol. The Balaban J connectivity index is 0.00000220. The van der Waals surface area contributed by atoms with E-state index in [-0.39, 0.29) is 12.4 Å². The Morgan fingerprint density at radius 3 is 2.14 bits per heavy atom. The second-order valence-corrected chi connectivity index (χ2v) is 5.73. The van der Waals surface area contributed by atoms with Gasteiger partial charge in [-0.2, -0.15) is 0 Å². The van der Waals surface area contributed by atoms with E-state index in [2.05, 4.69) is 0 Å². The molecule has 2 rings (SSSR count). The summed E-state index contributed by atoms with van der Waals surface area (Å²) < 4.78 is 0. The molecule has 2 aromatic rings. The summed E-state index contributed by atoms with van der Waals surface area (Å²) in [6.07, 6.45) is -0.382. The third-order valence-corrected chi connectivity index (χ3v) is 4.26. The first kappa shape index (κ1) is 18.6. The molecule has 0 saturated heterocycles. The van der Waals surface area contributed by atoms with Gasteiger partial charge in [-0.05, 0) is 17.7 Å². The fourth-order valence-electron chi connectivity index (χ4n) is 2.02. The summed E-state index contributed by atoms with van der Waals surface area (Å²) in [7, 11) is 0.